The molecule has 0 saturated heterocycles. The second-order valence-corrected chi connectivity index (χ2v) is 6.17. The molecule has 0 bridgehead atoms. The smallest absolute Gasteiger partial charge is 0.206 e. The molecule has 7 heteroatoms. The number of aliphatic hydroxyl groups excluding tert-OH is 2. The molecule has 0 saturated carbocycles. The molecular weight excluding hydrogens is 292 g/mol. The maximum atomic E-state index is 12.4. The minimum atomic E-state index is -3.58. The lowest BCUT2D eigenvalue weighted by Gasteiger charge is -2.08. The van der Waals surface area contributed by atoms with Crippen LogP contribution in [0.3, 0.4) is 0 Å². The standard InChI is InChI=1S/C14H16N2O4S/c17-9-15-11-1-5-13(6-2-11)21(19,20)14-7-3-12(4-8-14)16-10-18/h1-8,15-18H,9-10H2. The molecule has 2 rings (SSSR count). The van der Waals surface area contributed by atoms with Crippen molar-refractivity contribution in [1.82, 2.24) is 0 Å². The van der Waals surface area contributed by atoms with Crippen molar-refractivity contribution < 1.29 is 18.6 Å². The molecule has 2 aromatic rings. The van der Waals surface area contributed by atoms with E-state index in [1.807, 2.05) is 0 Å². The van der Waals surface area contributed by atoms with Gasteiger partial charge in [-0.15, -0.1) is 0 Å². The number of nitrogens with one attached hydrogen (secondary N) is 2. The van der Waals surface area contributed by atoms with Crippen LogP contribution in [0, 0.1) is 0 Å². The van der Waals surface area contributed by atoms with Crippen LogP contribution in [0.25, 0.3) is 0 Å². The van der Waals surface area contributed by atoms with Gasteiger partial charge in [-0.25, -0.2) is 8.42 Å². The van der Waals surface area contributed by atoms with Gasteiger partial charge in [0, 0.05) is 11.4 Å². The van der Waals surface area contributed by atoms with Crippen LogP contribution in [0.5, 0.6) is 0 Å². The SMILES string of the molecule is O=S(=O)(c1ccc(NCO)cc1)c1ccc(NCO)cc1. The van der Waals surface area contributed by atoms with Crippen LogP contribution in [-0.4, -0.2) is 32.1 Å². The molecule has 4 N–H and O–H groups in total. The van der Waals surface area contributed by atoms with Crippen LogP contribution in [0.4, 0.5) is 11.4 Å². The third-order valence-corrected chi connectivity index (χ3v) is 4.68. The fourth-order valence-electron chi connectivity index (χ4n) is 1.82. The van der Waals surface area contributed by atoms with E-state index in [0.717, 1.165) is 0 Å². The molecule has 0 atom stereocenters. The van der Waals surface area contributed by atoms with Crippen molar-refractivity contribution in [3.63, 3.8) is 0 Å². The first-order valence-electron chi connectivity index (χ1n) is 6.22. The van der Waals surface area contributed by atoms with Gasteiger partial charge in [0.25, 0.3) is 0 Å². The summed E-state index contributed by atoms with van der Waals surface area (Å²) in [6.07, 6.45) is 0. The highest BCUT2D eigenvalue weighted by Crippen LogP contribution is 2.23. The van der Waals surface area contributed by atoms with Crippen LogP contribution in [0.2, 0.25) is 0 Å². The minimum Gasteiger partial charge on any atom is -0.377 e. The van der Waals surface area contributed by atoms with E-state index in [1.54, 1.807) is 24.3 Å². The molecule has 0 unspecified atom stereocenters. The van der Waals surface area contributed by atoms with Gasteiger partial charge in [0.1, 0.15) is 13.5 Å². The Hall–Kier alpha value is -2.09. The third kappa shape index (κ3) is 3.52. The van der Waals surface area contributed by atoms with Gasteiger partial charge in [0.15, 0.2) is 0 Å². The summed E-state index contributed by atoms with van der Waals surface area (Å²) in [5.74, 6) is 0. The van der Waals surface area contributed by atoms with E-state index in [-0.39, 0.29) is 23.3 Å². The van der Waals surface area contributed by atoms with Gasteiger partial charge in [-0.2, -0.15) is 0 Å². The summed E-state index contributed by atoms with van der Waals surface area (Å²) in [5, 5.41) is 22.8. The Morgan fingerprint density at radius 1 is 0.714 bits per heavy atom. The summed E-state index contributed by atoms with van der Waals surface area (Å²) in [5.41, 5.74) is 1.28. The molecule has 0 aromatic heterocycles. The van der Waals surface area contributed by atoms with Gasteiger partial charge in [-0.3, -0.25) is 0 Å². The first-order valence-corrected chi connectivity index (χ1v) is 7.71. The first kappa shape index (κ1) is 15.3. The second-order valence-electron chi connectivity index (χ2n) is 4.22. The summed E-state index contributed by atoms with van der Waals surface area (Å²) >= 11 is 0. The Morgan fingerprint density at radius 3 is 1.33 bits per heavy atom. The summed E-state index contributed by atoms with van der Waals surface area (Å²) < 4.78 is 24.9. The van der Waals surface area contributed by atoms with Crippen LogP contribution in [0.15, 0.2) is 58.3 Å². The molecule has 6 nitrogen and oxygen atoms in total. The zero-order valence-corrected chi connectivity index (χ0v) is 12.0. The van der Waals surface area contributed by atoms with E-state index in [4.69, 9.17) is 10.2 Å². The van der Waals surface area contributed by atoms with E-state index in [1.165, 1.54) is 24.3 Å². The highest BCUT2D eigenvalue weighted by Gasteiger charge is 2.17. The lowest BCUT2D eigenvalue weighted by molar-refractivity contribution is 0.325. The van der Waals surface area contributed by atoms with E-state index in [9.17, 15) is 8.42 Å². The second kappa shape index (κ2) is 6.57. The zero-order chi connectivity index (χ0) is 15.3. The molecule has 112 valence electrons. The molecule has 0 fully saturated rings. The van der Waals surface area contributed by atoms with E-state index in [0.29, 0.717) is 11.4 Å². The number of sulfone groups is 1. The monoisotopic (exact) mass is 308 g/mol. The fraction of sp³-hybridized carbons (Fsp3) is 0.143. The van der Waals surface area contributed by atoms with Crippen LogP contribution in [-0.2, 0) is 9.84 Å². The van der Waals surface area contributed by atoms with Gasteiger partial charge in [0.05, 0.1) is 9.79 Å². The largest absolute Gasteiger partial charge is 0.377 e. The van der Waals surface area contributed by atoms with E-state index < -0.39 is 9.84 Å². The summed E-state index contributed by atoms with van der Waals surface area (Å²) in [6.45, 7) is -0.434. The Labute approximate surface area is 123 Å². The Balaban J connectivity index is 2.28. The summed E-state index contributed by atoms with van der Waals surface area (Å²) in [4.78, 5) is 0.350. The molecule has 0 spiro atoms. The van der Waals surface area contributed by atoms with Crippen molar-refractivity contribution >= 4 is 21.2 Å². The zero-order valence-electron chi connectivity index (χ0n) is 11.2. The molecule has 0 radical (unpaired) electrons. The Morgan fingerprint density at radius 2 is 1.05 bits per heavy atom. The molecule has 0 aliphatic rings. The van der Waals surface area contributed by atoms with Crippen molar-refractivity contribution in [2.75, 3.05) is 24.1 Å². The van der Waals surface area contributed by atoms with Crippen LogP contribution >= 0.6 is 0 Å². The number of anilines is 2. The Bertz CT molecular complexity index is 626. The minimum absolute atomic E-state index is 0.175. The number of hydrogen-bond donors (Lipinski definition) is 4. The van der Waals surface area contributed by atoms with Crippen molar-refractivity contribution in [3.05, 3.63) is 48.5 Å². The first-order chi connectivity index (χ1) is 10.1. The molecule has 0 aliphatic heterocycles. The quantitative estimate of drug-likeness (QED) is 0.599. The highest BCUT2D eigenvalue weighted by molar-refractivity contribution is 7.91. The number of hydrogen-bond acceptors (Lipinski definition) is 6. The molecule has 21 heavy (non-hydrogen) atoms. The lowest BCUT2D eigenvalue weighted by atomic mass is 10.3. The van der Waals surface area contributed by atoms with Crippen LogP contribution < -0.4 is 10.6 Å². The average Bonchev–Trinajstić information content (AvgIpc) is 2.49. The molecule has 0 heterocycles. The molecule has 0 aliphatic carbocycles. The molecule has 0 amide bonds. The van der Waals surface area contributed by atoms with Crippen molar-refractivity contribution in [2.45, 2.75) is 9.79 Å². The number of rotatable bonds is 6. The fourth-order valence-corrected chi connectivity index (χ4v) is 3.08. The van der Waals surface area contributed by atoms with Gasteiger partial charge in [-0.1, -0.05) is 0 Å². The van der Waals surface area contributed by atoms with Gasteiger partial charge in [-0.05, 0) is 48.5 Å². The van der Waals surface area contributed by atoms with Crippen molar-refractivity contribution in [3.8, 4) is 0 Å². The van der Waals surface area contributed by atoms with Crippen molar-refractivity contribution in [1.29, 1.82) is 0 Å². The van der Waals surface area contributed by atoms with Gasteiger partial charge < -0.3 is 20.8 Å². The van der Waals surface area contributed by atoms with Gasteiger partial charge in [0.2, 0.25) is 9.84 Å². The normalized spacial score (nSPS) is 11.1. The maximum Gasteiger partial charge on any atom is 0.206 e. The number of benzene rings is 2. The molecule has 2 aromatic carbocycles. The predicted molar refractivity (Wildman–Crippen MR) is 79.8 cm³/mol. The molecular formula is C14H16N2O4S. The summed E-state index contributed by atoms with van der Waals surface area (Å²) in [6, 6.07) is 12.3. The van der Waals surface area contributed by atoms with E-state index >= 15 is 0 Å². The van der Waals surface area contributed by atoms with Crippen LogP contribution in [0.1, 0.15) is 0 Å². The predicted octanol–water partition coefficient (Wildman–Crippen LogP) is 1.24. The Kier molecular flexibility index (Phi) is 4.79. The summed E-state index contributed by atoms with van der Waals surface area (Å²) in [7, 11) is -3.58. The average molecular weight is 308 g/mol. The highest BCUT2D eigenvalue weighted by atomic mass is 32.2. The van der Waals surface area contributed by atoms with Gasteiger partial charge >= 0.3 is 0 Å². The van der Waals surface area contributed by atoms with E-state index in [2.05, 4.69) is 10.6 Å². The van der Waals surface area contributed by atoms with Crippen molar-refractivity contribution in [2.24, 2.45) is 0 Å². The maximum absolute atomic E-state index is 12.4. The number of aliphatic hydroxyl groups is 2. The lowest BCUT2D eigenvalue weighted by Crippen LogP contribution is -2.04. The third-order valence-electron chi connectivity index (χ3n) is 2.90. The topological polar surface area (TPSA) is 98.7 Å².